The van der Waals surface area contributed by atoms with Crippen molar-refractivity contribution in [2.24, 2.45) is 11.7 Å². The summed E-state index contributed by atoms with van der Waals surface area (Å²) >= 11 is 0. The molecule has 8 heteroatoms. The fourth-order valence-electron chi connectivity index (χ4n) is 5.62. The number of nitrogens with one attached hydrogen (secondary N) is 2. The van der Waals surface area contributed by atoms with Crippen LogP contribution in [-0.4, -0.2) is 77.1 Å². The van der Waals surface area contributed by atoms with Crippen LogP contribution in [0.4, 0.5) is 0 Å². The number of aromatic nitrogens is 2. The van der Waals surface area contributed by atoms with Gasteiger partial charge in [-0.15, -0.1) is 0 Å². The Morgan fingerprint density at radius 1 is 1.00 bits per heavy atom. The van der Waals surface area contributed by atoms with Gasteiger partial charge >= 0.3 is 0 Å². The predicted octanol–water partition coefficient (Wildman–Crippen LogP) is 4.05. The highest BCUT2D eigenvalue weighted by atomic mass is 16.2. The summed E-state index contributed by atoms with van der Waals surface area (Å²) in [6, 6.07) is 17.5. The van der Waals surface area contributed by atoms with Crippen LogP contribution in [0.3, 0.4) is 0 Å². The van der Waals surface area contributed by atoms with Gasteiger partial charge in [0, 0.05) is 55.0 Å². The van der Waals surface area contributed by atoms with Gasteiger partial charge in [0.2, 0.25) is 5.91 Å². The number of H-pyrrole nitrogens is 1. The van der Waals surface area contributed by atoms with Gasteiger partial charge in [-0.1, -0.05) is 37.3 Å². The van der Waals surface area contributed by atoms with Crippen LogP contribution in [-0.2, 0) is 0 Å². The zero-order valence-corrected chi connectivity index (χ0v) is 23.6. The molecule has 1 aliphatic heterocycles. The minimum absolute atomic E-state index is 0.0658. The number of benzene rings is 2. The molecule has 40 heavy (non-hydrogen) atoms. The molecule has 1 aliphatic carbocycles. The first-order chi connectivity index (χ1) is 19.2. The third-order valence-corrected chi connectivity index (χ3v) is 7.73. The Hall–Kier alpha value is -4.01. The molecule has 1 aromatic heterocycles. The molecule has 0 spiro atoms. The van der Waals surface area contributed by atoms with E-state index >= 15 is 0 Å². The maximum absolute atomic E-state index is 12.5. The van der Waals surface area contributed by atoms with Crippen molar-refractivity contribution in [3.05, 3.63) is 89.1 Å². The van der Waals surface area contributed by atoms with E-state index in [1.165, 1.54) is 5.57 Å². The first kappa shape index (κ1) is 27.6. The number of rotatable bonds is 7. The van der Waals surface area contributed by atoms with Gasteiger partial charge in [0.05, 0.1) is 11.4 Å². The fraction of sp³-hybridized carbons (Fsp3) is 0.344. The molecule has 1 fully saturated rings. The molecule has 0 saturated carbocycles. The first-order valence-electron chi connectivity index (χ1n) is 13.9. The summed E-state index contributed by atoms with van der Waals surface area (Å²) in [5, 5.41) is 10.8. The Balaban J connectivity index is 1.47. The monoisotopic (exact) mass is 538 g/mol. The van der Waals surface area contributed by atoms with Gasteiger partial charge in [0.25, 0.3) is 5.91 Å². The summed E-state index contributed by atoms with van der Waals surface area (Å²) in [5.41, 5.74) is 12.6. The summed E-state index contributed by atoms with van der Waals surface area (Å²) in [6.45, 7) is 10.2. The Bertz CT molecular complexity index is 1440. The number of hydrogen-bond donors (Lipinski definition) is 3. The lowest BCUT2D eigenvalue weighted by molar-refractivity contribution is 0.0942. The van der Waals surface area contributed by atoms with Gasteiger partial charge in [-0.2, -0.15) is 5.10 Å². The van der Waals surface area contributed by atoms with Crippen molar-refractivity contribution in [1.29, 1.82) is 0 Å². The summed E-state index contributed by atoms with van der Waals surface area (Å²) in [5.74, 6) is -0.269. The maximum Gasteiger partial charge on any atom is 0.251 e. The standard InChI is InChI=1S/C32H38N6O2/c1-20(2)34-32(40)25-7-5-6-24(17-25)28-19-29(36-35-28)26-16-21(3)30(38-14-12-37(4)13-15-38)27(18-26)22-8-10-23(11-9-22)31(33)39/h5-11,16-21,30H,12-15H2,1-4H3,(H2,33,39)(H,34,40)(H,35,36). The number of piperazine rings is 1. The van der Waals surface area contributed by atoms with Crippen LogP contribution in [0.25, 0.3) is 22.4 Å². The van der Waals surface area contributed by atoms with Crippen molar-refractivity contribution in [1.82, 2.24) is 25.3 Å². The number of nitrogens with two attached hydrogens (primary N) is 1. The van der Waals surface area contributed by atoms with Crippen molar-refractivity contribution in [2.45, 2.75) is 32.9 Å². The molecule has 3 aromatic rings. The Labute approximate surface area is 235 Å². The smallest absolute Gasteiger partial charge is 0.251 e. The number of likely N-dealkylation sites (N-methyl/N-ethyl adjacent to an activating group) is 1. The average Bonchev–Trinajstić information content (AvgIpc) is 3.44. The number of carbonyl (C=O) groups excluding carboxylic acids is 2. The molecule has 0 radical (unpaired) electrons. The summed E-state index contributed by atoms with van der Waals surface area (Å²) in [6.07, 6.45) is 4.56. The van der Waals surface area contributed by atoms with Crippen LogP contribution in [0.1, 0.15) is 52.7 Å². The number of amides is 2. The lowest BCUT2D eigenvalue weighted by Gasteiger charge is -2.42. The molecule has 2 aromatic carbocycles. The van der Waals surface area contributed by atoms with Crippen LogP contribution in [0.15, 0.2) is 66.7 Å². The molecule has 2 amide bonds. The number of primary amides is 1. The molecule has 2 aliphatic rings. The van der Waals surface area contributed by atoms with E-state index < -0.39 is 5.91 Å². The molecule has 1 saturated heterocycles. The zero-order chi connectivity index (χ0) is 28.4. The van der Waals surface area contributed by atoms with Crippen LogP contribution in [0, 0.1) is 5.92 Å². The molecule has 2 unspecified atom stereocenters. The van der Waals surface area contributed by atoms with Crippen LogP contribution >= 0.6 is 0 Å². The molecule has 2 atom stereocenters. The normalized spacial score (nSPS) is 20.2. The van der Waals surface area contributed by atoms with Crippen molar-refractivity contribution in [3.63, 3.8) is 0 Å². The van der Waals surface area contributed by atoms with E-state index in [2.05, 4.69) is 51.4 Å². The van der Waals surface area contributed by atoms with Gasteiger partial charge in [0.1, 0.15) is 0 Å². The first-order valence-corrected chi connectivity index (χ1v) is 13.9. The summed E-state index contributed by atoms with van der Waals surface area (Å²) in [4.78, 5) is 29.2. The molecule has 2 heterocycles. The van der Waals surface area contributed by atoms with E-state index in [9.17, 15) is 9.59 Å². The van der Waals surface area contributed by atoms with Gasteiger partial charge in [-0.3, -0.25) is 19.6 Å². The topological polar surface area (TPSA) is 107 Å². The summed E-state index contributed by atoms with van der Waals surface area (Å²) in [7, 11) is 2.17. The van der Waals surface area contributed by atoms with Crippen LogP contribution in [0.2, 0.25) is 0 Å². The van der Waals surface area contributed by atoms with E-state index in [1.54, 1.807) is 12.1 Å². The Morgan fingerprint density at radius 2 is 1.73 bits per heavy atom. The van der Waals surface area contributed by atoms with Crippen molar-refractivity contribution in [3.8, 4) is 11.3 Å². The SMILES string of the molecule is CC(C)NC(=O)c1cccc(-c2cc(C3=CC(C)C(N4CCN(C)CC4)C(c4ccc(C(N)=O)cc4)=C3)[nH]n2)c1. The minimum atomic E-state index is -0.426. The lowest BCUT2D eigenvalue weighted by atomic mass is 9.81. The molecule has 4 N–H and O–H groups in total. The average molecular weight is 539 g/mol. The fourth-order valence-corrected chi connectivity index (χ4v) is 5.62. The second-order valence-electron chi connectivity index (χ2n) is 11.2. The van der Waals surface area contributed by atoms with Crippen LogP contribution in [0.5, 0.6) is 0 Å². The highest BCUT2D eigenvalue weighted by Gasteiger charge is 2.33. The summed E-state index contributed by atoms with van der Waals surface area (Å²) < 4.78 is 0. The van der Waals surface area contributed by atoms with Gasteiger partial charge in [-0.25, -0.2) is 0 Å². The molecule has 8 nitrogen and oxygen atoms in total. The highest BCUT2D eigenvalue weighted by Crippen LogP contribution is 2.38. The molecule has 208 valence electrons. The van der Waals surface area contributed by atoms with E-state index in [0.29, 0.717) is 11.1 Å². The quantitative estimate of drug-likeness (QED) is 0.421. The second-order valence-corrected chi connectivity index (χ2v) is 11.2. The van der Waals surface area contributed by atoms with Crippen molar-refractivity contribution < 1.29 is 9.59 Å². The molecule has 0 bridgehead atoms. The lowest BCUT2D eigenvalue weighted by Crippen LogP contribution is -2.51. The van der Waals surface area contributed by atoms with E-state index in [-0.39, 0.29) is 23.9 Å². The highest BCUT2D eigenvalue weighted by molar-refractivity contribution is 5.96. The number of nitrogens with zero attached hydrogens (tertiary/aromatic N) is 3. The largest absolute Gasteiger partial charge is 0.366 e. The van der Waals surface area contributed by atoms with Gasteiger partial charge in [0.15, 0.2) is 0 Å². The minimum Gasteiger partial charge on any atom is -0.366 e. The van der Waals surface area contributed by atoms with E-state index in [4.69, 9.17) is 5.73 Å². The maximum atomic E-state index is 12.5. The van der Waals surface area contributed by atoms with E-state index in [0.717, 1.165) is 54.3 Å². The molecular weight excluding hydrogens is 500 g/mol. The van der Waals surface area contributed by atoms with Crippen molar-refractivity contribution in [2.75, 3.05) is 33.2 Å². The molecular formula is C32H38N6O2. The Morgan fingerprint density at radius 3 is 2.40 bits per heavy atom. The van der Waals surface area contributed by atoms with Crippen molar-refractivity contribution >= 4 is 23.0 Å². The van der Waals surface area contributed by atoms with Crippen LogP contribution < -0.4 is 11.1 Å². The Kier molecular flexibility index (Phi) is 8.00. The van der Waals surface area contributed by atoms with Gasteiger partial charge in [-0.05, 0) is 79.9 Å². The molecule has 5 rings (SSSR count). The number of aromatic amines is 1. The van der Waals surface area contributed by atoms with Gasteiger partial charge < -0.3 is 16.0 Å². The number of allylic oxidation sites excluding steroid dienone is 2. The zero-order valence-electron chi connectivity index (χ0n) is 23.6. The third kappa shape index (κ3) is 5.93. The predicted molar refractivity (Wildman–Crippen MR) is 160 cm³/mol. The number of carbonyl (C=O) groups is 2. The van der Waals surface area contributed by atoms with E-state index in [1.807, 2.05) is 56.3 Å². The third-order valence-electron chi connectivity index (χ3n) is 7.73. The number of hydrogen-bond acceptors (Lipinski definition) is 5. The second kappa shape index (κ2) is 11.6.